The Morgan fingerprint density at radius 3 is 2.71 bits per heavy atom. The molecule has 1 aliphatic rings. The van der Waals surface area contributed by atoms with E-state index in [1.807, 2.05) is 4.90 Å². The van der Waals surface area contributed by atoms with Gasteiger partial charge in [-0.3, -0.25) is 0 Å². The van der Waals surface area contributed by atoms with E-state index in [9.17, 15) is 4.79 Å². The second-order valence-electron chi connectivity index (χ2n) is 4.81. The number of amides is 2. The van der Waals surface area contributed by atoms with E-state index in [1.54, 1.807) is 0 Å². The Labute approximate surface area is 104 Å². The fourth-order valence-corrected chi connectivity index (χ4v) is 2.34. The molecule has 0 aromatic heterocycles. The lowest BCUT2D eigenvalue weighted by Crippen LogP contribution is -2.35. The van der Waals surface area contributed by atoms with Gasteiger partial charge in [-0.15, -0.1) is 0 Å². The molecule has 4 heteroatoms. The number of aliphatic hydroxyl groups excluding tert-OH is 1. The Kier molecular flexibility index (Phi) is 7.01. The second-order valence-corrected chi connectivity index (χ2v) is 4.81. The number of nitrogens with one attached hydrogen (secondary N) is 1. The van der Waals surface area contributed by atoms with E-state index < -0.39 is 0 Å². The fraction of sp³-hybridized carbons (Fsp3) is 0.923. The van der Waals surface area contributed by atoms with Gasteiger partial charge < -0.3 is 15.3 Å². The van der Waals surface area contributed by atoms with Crippen molar-refractivity contribution in [2.75, 3.05) is 19.7 Å². The van der Waals surface area contributed by atoms with Crippen LogP contribution >= 0.6 is 0 Å². The largest absolute Gasteiger partial charge is 0.396 e. The first kappa shape index (κ1) is 14.3. The number of hydrogen-bond acceptors (Lipinski definition) is 2. The molecule has 0 bridgehead atoms. The van der Waals surface area contributed by atoms with Gasteiger partial charge in [-0.25, -0.2) is 4.79 Å². The number of carbonyl (C=O) groups excluding carboxylic acids is 1. The summed E-state index contributed by atoms with van der Waals surface area (Å²) < 4.78 is 0. The van der Waals surface area contributed by atoms with Gasteiger partial charge in [0.25, 0.3) is 0 Å². The van der Waals surface area contributed by atoms with Crippen LogP contribution in [0.4, 0.5) is 4.79 Å². The van der Waals surface area contributed by atoms with Crippen LogP contribution in [0.2, 0.25) is 0 Å². The standard InChI is InChI=1S/C13H26N2O2/c1-2-3-4-5-6-7-9-15-12(8-10-16)11-14-13(15)17/h12,16H,2-11H2,1H3,(H,14,17). The van der Waals surface area contributed by atoms with Crippen molar-refractivity contribution in [1.29, 1.82) is 0 Å². The van der Waals surface area contributed by atoms with Crippen LogP contribution in [0.15, 0.2) is 0 Å². The summed E-state index contributed by atoms with van der Waals surface area (Å²) in [5.41, 5.74) is 0. The van der Waals surface area contributed by atoms with Crippen molar-refractivity contribution in [1.82, 2.24) is 10.2 Å². The maximum Gasteiger partial charge on any atom is 0.317 e. The van der Waals surface area contributed by atoms with Crippen molar-refractivity contribution in [3.63, 3.8) is 0 Å². The molecule has 1 saturated heterocycles. The predicted octanol–water partition coefficient (Wildman–Crippen LogP) is 2.12. The summed E-state index contributed by atoms with van der Waals surface area (Å²) in [5, 5.41) is 11.8. The van der Waals surface area contributed by atoms with Crippen LogP contribution in [-0.4, -0.2) is 41.8 Å². The van der Waals surface area contributed by atoms with Gasteiger partial charge in [0.2, 0.25) is 0 Å². The minimum Gasteiger partial charge on any atom is -0.396 e. The van der Waals surface area contributed by atoms with Crippen molar-refractivity contribution < 1.29 is 9.90 Å². The molecule has 2 amide bonds. The summed E-state index contributed by atoms with van der Waals surface area (Å²) in [7, 11) is 0. The topological polar surface area (TPSA) is 52.6 Å². The number of rotatable bonds is 9. The van der Waals surface area contributed by atoms with Crippen LogP contribution in [0.25, 0.3) is 0 Å². The Morgan fingerprint density at radius 1 is 1.29 bits per heavy atom. The van der Waals surface area contributed by atoms with E-state index in [0.717, 1.165) is 13.0 Å². The molecule has 0 radical (unpaired) electrons. The molecule has 1 atom stereocenters. The highest BCUT2D eigenvalue weighted by Gasteiger charge is 2.29. The molecule has 1 heterocycles. The number of nitrogens with zero attached hydrogens (tertiary/aromatic N) is 1. The Balaban J connectivity index is 2.13. The van der Waals surface area contributed by atoms with Crippen molar-refractivity contribution in [2.24, 2.45) is 0 Å². The number of urea groups is 1. The molecule has 1 fully saturated rings. The maximum absolute atomic E-state index is 11.6. The zero-order valence-corrected chi connectivity index (χ0v) is 11.0. The average molecular weight is 242 g/mol. The number of aliphatic hydroxyl groups is 1. The third kappa shape index (κ3) is 4.94. The highest BCUT2D eigenvalue weighted by atomic mass is 16.3. The molecule has 100 valence electrons. The normalized spacial score (nSPS) is 19.8. The van der Waals surface area contributed by atoms with Crippen LogP contribution in [0, 0.1) is 0 Å². The van der Waals surface area contributed by atoms with E-state index in [4.69, 9.17) is 5.11 Å². The fourth-order valence-electron chi connectivity index (χ4n) is 2.34. The highest BCUT2D eigenvalue weighted by molar-refractivity contribution is 5.76. The summed E-state index contributed by atoms with van der Waals surface area (Å²) in [4.78, 5) is 13.4. The van der Waals surface area contributed by atoms with E-state index in [-0.39, 0.29) is 18.7 Å². The van der Waals surface area contributed by atoms with Gasteiger partial charge >= 0.3 is 6.03 Å². The molecule has 1 rings (SSSR count). The summed E-state index contributed by atoms with van der Waals surface area (Å²) in [6.45, 7) is 3.90. The molecule has 0 aliphatic carbocycles. The Hall–Kier alpha value is -0.770. The van der Waals surface area contributed by atoms with Crippen LogP contribution < -0.4 is 5.32 Å². The monoisotopic (exact) mass is 242 g/mol. The molecule has 0 aromatic carbocycles. The van der Waals surface area contributed by atoms with Crippen LogP contribution in [0.1, 0.15) is 51.9 Å². The summed E-state index contributed by atoms with van der Waals surface area (Å²) in [6, 6.07) is 0.236. The lowest BCUT2D eigenvalue weighted by atomic mass is 10.1. The molecule has 0 saturated carbocycles. The number of unbranched alkanes of at least 4 members (excludes halogenated alkanes) is 5. The van der Waals surface area contributed by atoms with Gasteiger partial charge in [-0.05, 0) is 12.8 Å². The van der Waals surface area contributed by atoms with E-state index in [2.05, 4.69) is 12.2 Å². The van der Waals surface area contributed by atoms with E-state index in [0.29, 0.717) is 13.0 Å². The first-order valence-corrected chi connectivity index (χ1v) is 6.95. The zero-order valence-electron chi connectivity index (χ0n) is 11.0. The van der Waals surface area contributed by atoms with Gasteiger partial charge in [0, 0.05) is 19.7 Å². The molecular weight excluding hydrogens is 216 g/mol. The molecule has 0 spiro atoms. The van der Waals surface area contributed by atoms with E-state index >= 15 is 0 Å². The molecule has 2 N–H and O–H groups in total. The third-order valence-electron chi connectivity index (χ3n) is 3.41. The summed E-state index contributed by atoms with van der Waals surface area (Å²) in [5.74, 6) is 0. The molecule has 1 aliphatic heterocycles. The van der Waals surface area contributed by atoms with Gasteiger partial charge in [-0.1, -0.05) is 39.0 Å². The molecular formula is C13H26N2O2. The number of hydrogen-bond donors (Lipinski definition) is 2. The van der Waals surface area contributed by atoms with E-state index in [1.165, 1.54) is 32.1 Å². The van der Waals surface area contributed by atoms with Crippen molar-refractivity contribution in [3.8, 4) is 0 Å². The van der Waals surface area contributed by atoms with Crippen molar-refractivity contribution in [2.45, 2.75) is 57.9 Å². The Bertz CT molecular complexity index is 221. The predicted molar refractivity (Wildman–Crippen MR) is 69.0 cm³/mol. The number of carbonyl (C=O) groups is 1. The van der Waals surface area contributed by atoms with Gasteiger partial charge in [0.05, 0.1) is 6.04 Å². The third-order valence-corrected chi connectivity index (χ3v) is 3.41. The molecule has 0 aromatic rings. The molecule has 4 nitrogen and oxygen atoms in total. The smallest absolute Gasteiger partial charge is 0.317 e. The molecule has 17 heavy (non-hydrogen) atoms. The van der Waals surface area contributed by atoms with Gasteiger partial charge in [-0.2, -0.15) is 0 Å². The quantitative estimate of drug-likeness (QED) is 0.609. The summed E-state index contributed by atoms with van der Waals surface area (Å²) >= 11 is 0. The van der Waals surface area contributed by atoms with Crippen molar-refractivity contribution >= 4 is 6.03 Å². The Morgan fingerprint density at radius 2 is 2.00 bits per heavy atom. The zero-order chi connectivity index (χ0) is 12.5. The van der Waals surface area contributed by atoms with Crippen LogP contribution in [0.3, 0.4) is 0 Å². The minimum atomic E-state index is 0.0389. The highest BCUT2D eigenvalue weighted by Crippen LogP contribution is 2.13. The average Bonchev–Trinajstić information content (AvgIpc) is 2.66. The van der Waals surface area contributed by atoms with Crippen LogP contribution in [-0.2, 0) is 0 Å². The second kappa shape index (κ2) is 8.34. The minimum absolute atomic E-state index is 0.0389. The lowest BCUT2D eigenvalue weighted by Gasteiger charge is -2.22. The lowest BCUT2D eigenvalue weighted by molar-refractivity contribution is 0.186. The maximum atomic E-state index is 11.6. The first-order chi connectivity index (χ1) is 8.29. The van der Waals surface area contributed by atoms with Gasteiger partial charge in [0.1, 0.15) is 0 Å². The SMILES string of the molecule is CCCCCCCCN1C(=O)NCC1CCO. The van der Waals surface area contributed by atoms with Crippen LogP contribution in [0.5, 0.6) is 0 Å². The first-order valence-electron chi connectivity index (χ1n) is 6.95. The molecule has 1 unspecified atom stereocenters. The van der Waals surface area contributed by atoms with Gasteiger partial charge in [0.15, 0.2) is 0 Å². The van der Waals surface area contributed by atoms with Crippen molar-refractivity contribution in [3.05, 3.63) is 0 Å². The summed E-state index contributed by atoms with van der Waals surface area (Å²) in [6.07, 6.45) is 8.14.